The molecule has 0 atom stereocenters. The van der Waals surface area contributed by atoms with Crippen molar-refractivity contribution in [3.63, 3.8) is 0 Å². The molecule has 5 heteroatoms. The van der Waals surface area contributed by atoms with Gasteiger partial charge in [0.15, 0.2) is 0 Å². The van der Waals surface area contributed by atoms with Crippen LogP contribution in [0, 0.1) is 3.57 Å². The van der Waals surface area contributed by atoms with Gasteiger partial charge in [-0.25, -0.2) is 0 Å². The maximum atomic E-state index is 5.59. The van der Waals surface area contributed by atoms with E-state index in [1.165, 1.54) is 9.26 Å². The Labute approximate surface area is 90.9 Å². The normalized spacial score (nSPS) is 9.36. The minimum Gasteiger partial charge on any atom is -0.272 e. The van der Waals surface area contributed by atoms with E-state index < -0.39 is 0 Å². The maximum absolute atomic E-state index is 5.59. The van der Waals surface area contributed by atoms with Gasteiger partial charge in [0.05, 0.1) is 15.5 Å². The Balaban J connectivity index is 0.000001000. The minimum absolute atomic E-state index is 0. The summed E-state index contributed by atoms with van der Waals surface area (Å²) in [6.07, 6.45) is 2.75. The lowest BCUT2D eigenvalue weighted by atomic mass is 10.3. The Morgan fingerprint density at radius 3 is 2.73 bits per heavy atom. The number of hydrogen-bond donors (Lipinski definition) is 0. The Bertz CT molecular complexity index is 205. The van der Waals surface area contributed by atoms with Crippen LogP contribution < -0.4 is 0 Å². The van der Waals surface area contributed by atoms with Gasteiger partial charge in [0, 0.05) is 19.3 Å². The number of aromatic nitrogens is 2. The molecule has 0 N–H and O–H groups in total. The smallest absolute Gasteiger partial charge is 0.0626 e. The summed E-state index contributed by atoms with van der Waals surface area (Å²) in [7, 11) is 1.93. The highest BCUT2D eigenvalue weighted by Gasteiger charge is 2.03. The number of aryl methyl sites for hydroxylation is 1. The van der Waals surface area contributed by atoms with Gasteiger partial charge in [-0.2, -0.15) is 5.10 Å². The highest BCUT2D eigenvalue weighted by Crippen LogP contribution is 2.10. The van der Waals surface area contributed by atoms with Gasteiger partial charge >= 0.3 is 0 Å². The summed E-state index contributed by atoms with van der Waals surface area (Å²) in [5.41, 5.74) is 1.22. The zero-order chi connectivity index (χ0) is 7.56. The van der Waals surface area contributed by atoms with Crippen molar-refractivity contribution in [3.8, 4) is 0 Å². The first-order valence-electron chi connectivity index (χ1n) is 2.98. The first-order chi connectivity index (χ1) is 4.75. The van der Waals surface area contributed by atoms with E-state index >= 15 is 0 Å². The summed E-state index contributed by atoms with van der Waals surface area (Å²) in [5, 5.41) is 4.09. The van der Waals surface area contributed by atoms with Crippen molar-refractivity contribution < 1.29 is 0 Å². The molecule has 0 amide bonds. The van der Waals surface area contributed by atoms with Crippen LogP contribution in [-0.2, 0) is 13.5 Å². The molecule has 0 aliphatic rings. The fourth-order valence-electron chi connectivity index (χ4n) is 0.807. The molecule has 11 heavy (non-hydrogen) atoms. The van der Waals surface area contributed by atoms with E-state index in [1.807, 2.05) is 17.9 Å². The van der Waals surface area contributed by atoms with Gasteiger partial charge < -0.3 is 0 Å². The van der Waals surface area contributed by atoms with Gasteiger partial charge in [0.1, 0.15) is 0 Å². The van der Waals surface area contributed by atoms with Crippen molar-refractivity contribution in [1.82, 2.24) is 9.78 Å². The SMILES string of the molecule is Cl.Cn1ncc(I)c1CCCl. The molecule has 1 heterocycles. The molecular formula is C6H9Cl2IN2. The molecule has 1 rings (SSSR count). The first-order valence-corrected chi connectivity index (χ1v) is 4.59. The van der Waals surface area contributed by atoms with E-state index in [9.17, 15) is 0 Å². The fourth-order valence-corrected chi connectivity index (χ4v) is 1.73. The number of alkyl halides is 1. The third-order valence-electron chi connectivity index (χ3n) is 1.34. The van der Waals surface area contributed by atoms with Crippen molar-refractivity contribution in [3.05, 3.63) is 15.5 Å². The fraction of sp³-hybridized carbons (Fsp3) is 0.500. The zero-order valence-corrected chi connectivity index (χ0v) is 9.78. The van der Waals surface area contributed by atoms with E-state index in [0.29, 0.717) is 5.88 Å². The van der Waals surface area contributed by atoms with Crippen molar-refractivity contribution in [2.24, 2.45) is 7.05 Å². The molecule has 0 radical (unpaired) electrons. The molecule has 0 fully saturated rings. The Kier molecular flexibility index (Phi) is 5.46. The summed E-state index contributed by atoms with van der Waals surface area (Å²) in [5.74, 6) is 0.662. The molecule has 0 saturated heterocycles. The number of rotatable bonds is 2. The Hall–Kier alpha value is 0.520. The molecule has 64 valence electrons. The second-order valence-electron chi connectivity index (χ2n) is 2.00. The van der Waals surface area contributed by atoms with Crippen molar-refractivity contribution in [1.29, 1.82) is 0 Å². The molecule has 0 bridgehead atoms. The third kappa shape index (κ3) is 2.80. The highest BCUT2D eigenvalue weighted by molar-refractivity contribution is 14.1. The van der Waals surface area contributed by atoms with Crippen LogP contribution in [0.15, 0.2) is 6.20 Å². The van der Waals surface area contributed by atoms with Crippen LogP contribution in [0.5, 0.6) is 0 Å². The molecular weight excluding hydrogens is 298 g/mol. The largest absolute Gasteiger partial charge is 0.272 e. The van der Waals surface area contributed by atoms with Crippen LogP contribution in [0.2, 0.25) is 0 Å². The second-order valence-corrected chi connectivity index (χ2v) is 3.54. The number of hydrogen-bond acceptors (Lipinski definition) is 1. The molecule has 0 aliphatic heterocycles. The zero-order valence-electron chi connectivity index (χ0n) is 6.05. The van der Waals surface area contributed by atoms with E-state index in [2.05, 4.69) is 27.7 Å². The average Bonchev–Trinajstić information content (AvgIpc) is 2.20. The molecule has 1 aromatic rings. The molecule has 0 saturated carbocycles. The lowest BCUT2D eigenvalue weighted by molar-refractivity contribution is 0.718. The average molecular weight is 307 g/mol. The van der Waals surface area contributed by atoms with Gasteiger partial charge in [-0.05, 0) is 22.6 Å². The molecule has 0 aromatic carbocycles. The highest BCUT2D eigenvalue weighted by atomic mass is 127. The monoisotopic (exact) mass is 306 g/mol. The van der Waals surface area contributed by atoms with Crippen LogP contribution >= 0.6 is 46.6 Å². The van der Waals surface area contributed by atoms with E-state index in [-0.39, 0.29) is 12.4 Å². The van der Waals surface area contributed by atoms with Crippen molar-refractivity contribution in [2.75, 3.05) is 5.88 Å². The third-order valence-corrected chi connectivity index (χ3v) is 2.43. The van der Waals surface area contributed by atoms with E-state index in [0.717, 1.165) is 6.42 Å². The van der Waals surface area contributed by atoms with Crippen molar-refractivity contribution in [2.45, 2.75) is 6.42 Å². The van der Waals surface area contributed by atoms with Gasteiger partial charge in [-0.1, -0.05) is 0 Å². The summed E-state index contributed by atoms with van der Waals surface area (Å²) in [6, 6.07) is 0. The summed E-state index contributed by atoms with van der Waals surface area (Å²) >= 11 is 7.86. The number of nitrogens with zero attached hydrogens (tertiary/aromatic N) is 2. The topological polar surface area (TPSA) is 17.8 Å². The molecule has 2 nitrogen and oxygen atoms in total. The first kappa shape index (κ1) is 11.5. The predicted molar refractivity (Wildman–Crippen MR) is 57.6 cm³/mol. The van der Waals surface area contributed by atoms with Crippen LogP contribution in [-0.4, -0.2) is 15.7 Å². The van der Waals surface area contributed by atoms with Crippen LogP contribution in [0.1, 0.15) is 5.69 Å². The van der Waals surface area contributed by atoms with Crippen molar-refractivity contribution >= 4 is 46.6 Å². The van der Waals surface area contributed by atoms with Crippen LogP contribution in [0.4, 0.5) is 0 Å². The number of halogens is 3. The molecule has 1 aromatic heterocycles. The summed E-state index contributed by atoms with van der Waals surface area (Å²) in [4.78, 5) is 0. The lowest BCUT2D eigenvalue weighted by Crippen LogP contribution is -1.99. The minimum atomic E-state index is 0. The maximum Gasteiger partial charge on any atom is 0.0626 e. The van der Waals surface area contributed by atoms with Crippen LogP contribution in [0.3, 0.4) is 0 Å². The summed E-state index contributed by atoms with van der Waals surface area (Å²) in [6.45, 7) is 0. The van der Waals surface area contributed by atoms with Gasteiger partial charge in [-0.3, -0.25) is 4.68 Å². The van der Waals surface area contributed by atoms with Gasteiger partial charge in [0.2, 0.25) is 0 Å². The summed E-state index contributed by atoms with van der Waals surface area (Å²) < 4.78 is 3.06. The quantitative estimate of drug-likeness (QED) is 0.605. The standard InChI is InChI=1S/C6H8ClIN2.ClH/c1-10-6(2-3-7)5(8)4-9-10;/h4H,2-3H2,1H3;1H. The van der Waals surface area contributed by atoms with E-state index in [4.69, 9.17) is 11.6 Å². The second kappa shape index (κ2) is 5.22. The van der Waals surface area contributed by atoms with E-state index in [1.54, 1.807) is 0 Å². The Morgan fingerprint density at radius 1 is 1.73 bits per heavy atom. The Morgan fingerprint density at radius 2 is 2.36 bits per heavy atom. The van der Waals surface area contributed by atoms with Gasteiger partial charge in [0.25, 0.3) is 0 Å². The van der Waals surface area contributed by atoms with Gasteiger partial charge in [-0.15, -0.1) is 24.0 Å². The molecule has 0 aliphatic carbocycles. The predicted octanol–water partition coefficient (Wildman–Crippen LogP) is 2.23. The lowest BCUT2D eigenvalue weighted by Gasteiger charge is -1.97. The molecule has 0 spiro atoms. The van der Waals surface area contributed by atoms with Crippen LogP contribution in [0.25, 0.3) is 0 Å². The molecule has 0 unspecified atom stereocenters.